The fraction of sp³-hybridized carbons (Fsp3) is 0.481. The number of piperazine rings is 1. The van der Waals surface area contributed by atoms with E-state index in [4.69, 9.17) is 23.2 Å². The third-order valence-corrected chi connectivity index (χ3v) is 8.16. The van der Waals surface area contributed by atoms with E-state index >= 15 is 0 Å². The molecule has 0 aliphatic carbocycles. The molecule has 0 unspecified atom stereocenters. The van der Waals surface area contributed by atoms with Crippen LogP contribution in [0.25, 0.3) is 0 Å². The molecule has 2 atom stereocenters. The van der Waals surface area contributed by atoms with Gasteiger partial charge in [-0.05, 0) is 61.9 Å². The fourth-order valence-corrected chi connectivity index (χ4v) is 5.75. The molecule has 2 amide bonds. The first kappa shape index (κ1) is 26.7. The van der Waals surface area contributed by atoms with Crippen LogP contribution in [0.5, 0.6) is 0 Å². The fourth-order valence-electron chi connectivity index (χ4n) is 5.43. The van der Waals surface area contributed by atoms with E-state index in [1.165, 1.54) is 0 Å². The van der Waals surface area contributed by atoms with Gasteiger partial charge in [-0.15, -0.1) is 0 Å². The number of carboxylic acid groups (broad SMARTS) is 1. The summed E-state index contributed by atoms with van der Waals surface area (Å²) < 4.78 is 0. The molecule has 36 heavy (non-hydrogen) atoms. The number of para-hydroxylation sites is 1. The lowest BCUT2D eigenvalue weighted by Crippen LogP contribution is -2.57. The molecule has 194 valence electrons. The molecule has 0 aromatic heterocycles. The Labute approximate surface area is 223 Å². The molecule has 0 saturated carbocycles. The van der Waals surface area contributed by atoms with Gasteiger partial charge >= 0.3 is 6.09 Å². The number of benzene rings is 2. The number of rotatable bonds is 6. The van der Waals surface area contributed by atoms with Crippen LogP contribution in [-0.4, -0.2) is 83.2 Å². The summed E-state index contributed by atoms with van der Waals surface area (Å²) >= 11 is 12.2. The number of aryl methyl sites for hydroxylation is 2. The molecule has 7 nitrogen and oxygen atoms in total. The molecule has 2 saturated heterocycles. The molecule has 4 rings (SSSR count). The summed E-state index contributed by atoms with van der Waals surface area (Å²) in [4.78, 5) is 30.8. The van der Waals surface area contributed by atoms with E-state index in [2.05, 4.69) is 15.1 Å². The van der Waals surface area contributed by atoms with Crippen molar-refractivity contribution >= 4 is 40.9 Å². The Hall–Kier alpha value is -2.32. The summed E-state index contributed by atoms with van der Waals surface area (Å²) in [5, 5.41) is 13.8. The van der Waals surface area contributed by atoms with E-state index in [0.29, 0.717) is 35.6 Å². The van der Waals surface area contributed by atoms with Crippen LogP contribution < -0.4 is 5.32 Å². The third kappa shape index (κ3) is 6.51. The zero-order chi connectivity index (χ0) is 25.8. The Kier molecular flexibility index (Phi) is 8.78. The SMILES string of the molecule is Cc1cccc(C)c1NC(=O)CN1CCN([C@@H]2CCN(C(=O)O)[C@@H](Cc3ccc(Cl)c(Cl)c3)C2)CC1. The van der Waals surface area contributed by atoms with Gasteiger partial charge in [0.15, 0.2) is 0 Å². The highest BCUT2D eigenvalue weighted by molar-refractivity contribution is 6.42. The highest BCUT2D eigenvalue weighted by Crippen LogP contribution is 2.28. The largest absolute Gasteiger partial charge is 0.465 e. The monoisotopic (exact) mass is 532 g/mol. The van der Waals surface area contributed by atoms with Gasteiger partial charge in [0.2, 0.25) is 5.91 Å². The number of hydrogen-bond acceptors (Lipinski definition) is 4. The number of amides is 2. The molecule has 9 heteroatoms. The van der Waals surface area contributed by atoms with E-state index in [-0.39, 0.29) is 11.9 Å². The number of nitrogens with one attached hydrogen (secondary N) is 1. The second kappa shape index (κ2) is 11.8. The lowest BCUT2D eigenvalue weighted by atomic mass is 9.91. The average Bonchev–Trinajstić information content (AvgIpc) is 2.84. The molecule has 2 N–H and O–H groups in total. The van der Waals surface area contributed by atoms with Gasteiger partial charge in [-0.2, -0.15) is 0 Å². The average molecular weight is 534 g/mol. The predicted molar refractivity (Wildman–Crippen MR) is 144 cm³/mol. The van der Waals surface area contributed by atoms with Crippen LogP contribution in [0.1, 0.15) is 29.5 Å². The van der Waals surface area contributed by atoms with Crippen molar-refractivity contribution in [3.63, 3.8) is 0 Å². The molecule has 2 fully saturated rings. The number of likely N-dealkylation sites (tertiary alicyclic amines) is 1. The number of anilines is 1. The summed E-state index contributed by atoms with van der Waals surface area (Å²) in [6.45, 7) is 8.27. The van der Waals surface area contributed by atoms with Crippen LogP contribution in [0.15, 0.2) is 36.4 Å². The molecular formula is C27H34Cl2N4O3. The minimum absolute atomic E-state index is 0.0114. The van der Waals surface area contributed by atoms with E-state index in [1.807, 2.05) is 44.2 Å². The molecule has 0 radical (unpaired) electrons. The zero-order valence-corrected chi connectivity index (χ0v) is 22.4. The molecule has 0 bridgehead atoms. The number of halogens is 2. The molecule has 2 aliphatic rings. The highest BCUT2D eigenvalue weighted by Gasteiger charge is 2.35. The van der Waals surface area contributed by atoms with E-state index < -0.39 is 6.09 Å². The summed E-state index contributed by atoms with van der Waals surface area (Å²) in [6, 6.07) is 11.7. The molecule has 2 aromatic carbocycles. The van der Waals surface area contributed by atoms with Gasteiger partial charge in [0.25, 0.3) is 0 Å². The van der Waals surface area contributed by atoms with E-state index in [1.54, 1.807) is 11.0 Å². The van der Waals surface area contributed by atoms with Gasteiger partial charge in [-0.3, -0.25) is 14.6 Å². The van der Waals surface area contributed by atoms with E-state index in [9.17, 15) is 14.7 Å². The van der Waals surface area contributed by atoms with Crippen molar-refractivity contribution in [3.8, 4) is 0 Å². The number of carbonyl (C=O) groups excluding carboxylic acids is 1. The normalized spacial score (nSPS) is 21.4. The standard InChI is InChI=1S/C27H34Cl2N4O3/c1-18-4-3-5-19(2)26(18)30-25(34)17-31-10-12-32(13-11-31)21-8-9-33(27(35)36)22(16-21)14-20-6-7-23(28)24(29)15-20/h3-7,15,21-22H,8-14,16-17H2,1-2H3,(H,30,34)(H,35,36)/t21-,22+/m1/s1. The smallest absolute Gasteiger partial charge is 0.407 e. The minimum Gasteiger partial charge on any atom is -0.465 e. The Bertz CT molecular complexity index is 1080. The predicted octanol–water partition coefficient (Wildman–Crippen LogP) is 4.92. The maximum atomic E-state index is 12.7. The maximum absolute atomic E-state index is 12.7. The molecule has 2 aromatic rings. The number of piperidine rings is 1. The van der Waals surface area contributed by atoms with Crippen molar-refractivity contribution in [2.75, 3.05) is 44.6 Å². The first-order chi connectivity index (χ1) is 17.2. The van der Waals surface area contributed by atoms with Gasteiger partial charge in [0.05, 0.1) is 16.6 Å². The molecule has 2 aliphatic heterocycles. The Morgan fingerprint density at radius 1 is 1.00 bits per heavy atom. The van der Waals surface area contributed by atoms with Crippen LogP contribution in [-0.2, 0) is 11.2 Å². The van der Waals surface area contributed by atoms with Crippen LogP contribution in [0.3, 0.4) is 0 Å². The Morgan fingerprint density at radius 2 is 1.69 bits per heavy atom. The lowest BCUT2D eigenvalue weighted by Gasteiger charge is -2.45. The van der Waals surface area contributed by atoms with Crippen LogP contribution in [0, 0.1) is 13.8 Å². The molecule has 2 heterocycles. The molecule has 0 spiro atoms. The summed E-state index contributed by atoms with van der Waals surface area (Å²) in [5.41, 5.74) is 4.02. The van der Waals surface area contributed by atoms with Crippen molar-refractivity contribution in [1.29, 1.82) is 0 Å². The summed E-state index contributed by atoms with van der Waals surface area (Å²) in [6.07, 6.45) is 1.33. The minimum atomic E-state index is -0.877. The van der Waals surface area contributed by atoms with Crippen molar-refractivity contribution in [2.24, 2.45) is 0 Å². The quantitative estimate of drug-likeness (QED) is 0.552. The number of nitrogens with zero attached hydrogens (tertiary/aromatic N) is 3. The summed E-state index contributed by atoms with van der Waals surface area (Å²) in [5.74, 6) is 0.0114. The van der Waals surface area contributed by atoms with Gasteiger partial charge in [-0.1, -0.05) is 47.5 Å². The topological polar surface area (TPSA) is 76.1 Å². The second-order valence-corrected chi connectivity index (χ2v) is 10.7. The van der Waals surface area contributed by atoms with Crippen LogP contribution in [0.4, 0.5) is 10.5 Å². The Balaban J connectivity index is 1.31. The lowest BCUT2D eigenvalue weighted by molar-refractivity contribution is -0.117. The second-order valence-electron chi connectivity index (χ2n) is 9.89. The number of hydrogen-bond donors (Lipinski definition) is 2. The first-order valence-corrected chi connectivity index (χ1v) is 13.2. The van der Waals surface area contributed by atoms with Gasteiger partial charge in [0, 0.05) is 50.5 Å². The van der Waals surface area contributed by atoms with Crippen molar-refractivity contribution in [2.45, 2.75) is 45.2 Å². The van der Waals surface area contributed by atoms with Gasteiger partial charge < -0.3 is 15.3 Å². The third-order valence-electron chi connectivity index (χ3n) is 7.43. The van der Waals surface area contributed by atoms with Gasteiger partial charge in [0.1, 0.15) is 0 Å². The van der Waals surface area contributed by atoms with Crippen molar-refractivity contribution in [3.05, 3.63) is 63.1 Å². The summed E-state index contributed by atoms with van der Waals surface area (Å²) in [7, 11) is 0. The molecular weight excluding hydrogens is 499 g/mol. The Morgan fingerprint density at radius 3 is 2.33 bits per heavy atom. The highest BCUT2D eigenvalue weighted by atomic mass is 35.5. The van der Waals surface area contributed by atoms with Crippen molar-refractivity contribution < 1.29 is 14.7 Å². The van der Waals surface area contributed by atoms with Crippen LogP contribution in [0.2, 0.25) is 10.0 Å². The number of carbonyl (C=O) groups is 2. The first-order valence-electron chi connectivity index (χ1n) is 12.5. The van der Waals surface area contributed by atoms with Crippen LogP contribution >= 0.6 is 23.2 Å². The van der Waals surface area contributed by atoms with Gasteiger partial charge in [-0.25, -0.2) is 4.79 Å². The van der Waals surface area contributed by atoms with E-state index in [0.717, 1.165) is 61.4 Å². The maximum Gasteiger partial charge on any atom is 0.407 e. The zero-order valence-electron chi connectivity index (χ0n) is 20.8. The van der Waals surface area contributed by atoms with Crippen molar-refractivity contribution in [1.82, 2.24) is 14.7 Å².